The van der Waals surface area contributed by atoms with Crippen LogP contribution in [-0.2, 0) is 11.3 Å². The summed E-state index contributed by atoms with van der Waals surface area (Å²) in [6.45, 7) is 3.82. The third kappa shape index (κ3) is 3.08. The second kappa shape index (κ2) is 6.23. The zero-order valence-electron chi connectivity index (χ0n) is 13.8. The minimum absolute atomic E-state index is 0.268. The summed E-state index contributed by atoms with van der Waals surface area (Å²) >= 11 is 0. The molecule has 2 aromatic rings. The Hall–Kier alpha value is -1.64. The number of rotatable bonds is 6. The van der Waals surface area contributed by atoms with E-state index in [0.29, 0.717) is 6.61 Å². The minimum atomic E-state index is 0.268. The fourth-order valence-corrected chi connectivity index (χ4v) is 3.19. The molecule has 0 bridgehead atoms. The highest BCUT2D eigenvalue weighted by Crippen LogP contribution is 2.47. The maximum Gasteiger partial charge on any atom is 0.0717 e. The van der Waals surface area contributed by atoms with Crippen molar-refractivity contribution >= 4 is 0 Å². The first kappa shape index (κ1) is 15.3. The summed E-state index contributed by atoms with van der Waals surface area (Å²) in [4.78, 5) is 2.32. The molecule has 1 aliphatic rings. The molecule has 0 aromatic heterocycles. The second-order valence-electron chi connectivity index (χ2n) is 6.66. The molecule has 22 heavy (non-hydrogen) atoms. The summed E-state index contributed by atoms with van der Waals surface area (Å²) in [5, 5.41) is 0. The van der Waals surface area contributed by atoms with Crippen LogP contribution in [0.25, 0.3) is 11.1 Å². The van der Waals surface area contributed by atoms with Crippen LogP contribution in [0.1, 0.15) is 18.9 Å². The van der Waals surface area contributed by atoms with Gasteiger partial charge in [0.05, 0.1) is 13.2 Å². The van der Waals surface area contributed by atoms with Gasteiger partial charge in [0.25, 0.3) is 0 Å². The van der Waals surface area contributed by atoms with Gasteiger partial charge < -0.3 is 9.64 Å². The van der Waals surface area contributed by atoms with Crippen LogP contribution in [0.3, 0.4) is 0 Å². The van der Waals surface area contributed by atoms with E-state index in [2.05, 4.69) is 74.4 Å². The van der Waals surface area contributed by atoms with E-state index in [1.54, 1.807) is 0 Å². The van der Waals surface area contributed by atoms with E-state index in [4.69, 9.17) is 4.74 Å². The van der Waals surface area contributed by atoms with E-state index in [1.807, 2.05) is 6.07 Å². The molecule has 0 N–H and O–H groups in total. The van der Waals surface area contributed by atoms with E-state index in [1.165, 1.54) is 23.1 Å². The van der Waals surface area contributed by atoms with Gasteiger partial charge in [0, 0.05) is 5.54 Å². The maximum absolute atomic E-state index is 5.98. The fourth-order valence-electron chi connectivity index (χ4n) is 3.19. The lowest BCUT2D eigenvalue weighted by Crippen LogP contribution is -2.36. The second-order valence-corrected chi connectivity index (χ2v) is 6.66. The quantitative estimate of drug-likeness (QED) is 0.791. The van der Waals surface area contributed by atoms with Gasteiger partial charge in [0.2, 0.25) is 0 Å². The Balaban J connectivity index is 1.56. The molecular formula is C20H25NO. The van der Waals surface area contributed by atoms with E-state index in [9.17, 15) is 0 Å². The van der Waals surface area contributed by atoms with Gasteiger partial charge in [0.1, 0.15) is 0 Å². The molecule has 1 saturated carbocycles. The molecule has 2 nitrogen and oxygen atoms in total. The molecule has 0 aliphatic heterocycles. The number of hydrogen-bond donors (Lipinski definition) is 0. The van der Waals surface area contributed by atoms with Gasteiger partial charge in [-0.25, -0.2) is 0 Å². The lowest BCUT2D eigenvalue weighted by atomic mass is 10.0. The smallest absolute Gasteiger partial charge is 0.0717 e. The zero-order valence-corrected chi connectivity index (χ0v) is 13.8. The number of ether oxygens (including phenoxy) is 1. The van der Waals surface area contributed by atoms with Crippen LogP contribution in [-0.4, -0.2) is 31.1 Å². The van der Waals surface area contributed by atoms with Gasteiger partial charge in [-0.1, -0.05) is 61.5 Å². The Kier molecular flexibility index (Phi) is 4.32. The van der Waals surface area contributed by atoms with Crippen LogP contribution < -0.4 is 0 Å². The molecule has 0 saturated heterocycles. The standard InChI is InChI=1S/C20H25NO/c1-16-13-20(16,21(2)3)15-22-14-17-9-11-19(12-10-17)18-7-5-4-6-8-18/h4-12,16H,13-15H2,1-3H3. The molecule has 2 heteroatoms. The molecule has 0 heterocycles. The molecule has 0 spiro atoms. The van der Waals surface area contributed by atoms with Gasteiger partial charge in [-0.05, 0) is 43.1 Å². The predicted molar refractivity (Wildman–Crippen MR) is 91.7 cm³/mol. The Bertz CT molecular complexity index is 605. The third-order valence-electron chi connectivity index (χ3n) is 4.99. The van der Waals surface area contributed by atoms with Crippen LogP contribution >= 0.6 is 0 Å². The predicted octanol–water partition coefficient (Wildman–Crippen LogP) is 4.21. The summed E-state index contributed by atoms with van der Waals surface area (Å²) in [5.41, 5.74) is 4.02. The van der Waals surface area contributed by atoms with Crippen molar-refractivity contribution in [3.8, 4) is 11.1 Å². The SMILES string of the molecule is CC1CC1(COCc1ccc(-c2ccccc2)cc1)N(C)C. The van der Waals surface area contributed by atoms with Crippen molar-refractivity contribution in [2.75, 3.05) is 20.7 Å². The van der Waals surface area contributed by atoms with Crippen molar-refractivity contribution in [3.05, 3.63) is 60.2 Å². The van der Waals surface area contributed by atoms with Gasteiger partial charge in [0.15, 0.2) is 0 Å². The first-order valence-electron chi connectivity index (χ1n) is 8.01. The first-order chi connectivity index (χ1) is 10.6. The summed E-state index contributed by atoms with van der Waals surface area (Å²) in [6.07, 6.45) is 1.24. The maximum atomic E-state index is 5.98. The number of nitrogens with zero attached hydrogens (tertiary/aromatic N) is 1. The van der Waals surface area contributed by atoms with Crippen LogP contribution in [0.5, 0.6) is 0 Å². The fraction of sp³-hybridized carbons (Fsp3) is 0.400. The summed E-state index contributed by atoms with van der Waals surface area (Å²) in [7, 11) is 4.31. The van der Waals surface area contributed by atoms with E-state index >= 15 is 0 Å². The highest BCUT2D eigenvalue weighted by Gasteiger charge is 2.53. The van der Waals surface area contributed by atoms with Crippen LogP contribution in [0, 0.1) is 5.92 Å². The molecular weight excluding hydrogens is 270 g/mol. The lowest BCUT2D eigenvalue weighted by Gasteiger charge is -2.25. The van der Waals surface area contributed by atoms with Crippen molar-refractivity contribution < 1.29 is 4.74 Å². The summed E-state index contributed by atoms with van der Waals surface area (Å²) < 4.78 is 5.98. The van der Waals surface area contributed by atoms with Crippen molar-refractivity contribution in [1.82, 2.24) is 4.90 Å². The van der Waals surface area contributed by atoms with Crippen molar-refractivity contribution in [2.45, 2.75) is 25.5 Å². The van der Waals surface area contributed by atoms with Crippen molar-refractivity contribution in [3.63, 3.8) is 0 Å². The van der Waals surface area contributed by atoms with E-state index < -0.39 is 0 Å². The van der Waals surface area contributed by atoms with Gasteiger partial charge in [-0.15, -0.1) is 0 Å². The van der Waals surface area contributed by atoms with Gasteiger partial charge in [-0.2, -0.15) is 0 Å². The molecule has 2 atom stereocenters. The normalized spacial score (nSPS) is 23.7. The summed E-state index contributed by atoms with van der Waals surface area (Å²) in [6, 6.07) is 19.2. The zero-order chi connectivity index (χ0) is 15.6. The van der Waals surface area contributed by atoms with Gasteiger partial charge >= 0.3 is 0 Å². The Morgan fingerprint density at radius 3 is 2.14 bits per heavy atom. The number of benzene rings is 2. The molecule has 2 unspecified atom stereocenters. The number of hydrogen-bond acceptors (Lipinski definition) is 2. The third-order valence-corrected chi connectivity index (χ3v) is 4.99. The lowest BCUT2D eigenvalue weighted by molar-refractivity contribution is 0.0518. The first-order valence-corrected chi connectivity index (χ1v) is 8.01. The largest absolute Gasteiger partial charge is 0.375 e. The number of likely N-dealkylation sites (N-methyl/N-ethyl adjacent to an activating group) is 1. The molecule has 0 amide bonds. The molecule has 116 valence electrons. The Morgan fingerprint density at radius 2 is 1.59 bits per heavy atom. The molecule has 2 aromatic carbocycles. The van der Waals surface area contributed by atoms with Gasteiger partial charge in [-0.3, -0.25) is 0 Å². The molecule has 0 radical (unpaired) electrons. The van der Waals surface area contributed by atoms with Crippen molar-refractivity contribution in [1.29, 1.82) is 0 Å². The van der Waals surface area contributed by atoms with E-state index in [-0.39, 0.29) is 5.54 Å². The Morgan fingerprint density at radius 1 is 1.00 bits per heavy atom. The minimum Gasteiger partial charge on any atom is -0.375 e. The average molecular weight is 295 g/mol. The van der Waals surface area contributed by atoms with Crippen LogP contribution in [0.4, 0.5) is 0 Å². The van der Waals surface area contributed by atoms with Crippen molar-refractivity contribution in [2.24, 2.45) is 5.92 Å². The molecule has 1 aliphatic carbocycles. The van der Waals surface area contributed by atoms with E-state index in [0.717, 1.165) is 12.5 Å². The molecule has 1 fully saturated rings. The monoisotopic (exact) mass is 295 g/mol. The average Bonchev–Trinajstić information content (AvgIpc) is 3.20. The topological polar surface area (TPSA) is 12.5 Å². The highest BCUT2D eigenvalue weighted by molar-refractivity contribution is 5.63. The summed E-state index contributed by atoms with van der Waals surface area (Å²) in [5.74, 6) is 0.739. The highest BCUT2D eigenvalue weighted by atomic mass is 16.5. The van der Waals surface area contributed by atoms with Crippen LogP contribution in [0.15, 0.2) is 54.6 Å². The van der Waals surface area contributed by atoms with Crippen LogP contribution in [0.2, 0.25) is 0 Å². The molecule has 3 rings (SSSR count). The Labute approximate surface area is 133 Å².